The number of amides is 1. The molecule has 0 aromatic carbocycles. The van der Waals surface area contributed by atoms with Crippen molar-refractivity contribution in [1.29, 1.82) is 0 Å². The molecule has 1 aliphatic heterocycles. The summed E-state index contributed by atoms with van der Waals surface area (Å²) in [7, 11) is 1.64. The monoisotopic (exact) mass is 243 g/mol. The van der Waals surface area contributed by atoms with E-state index in [4.69, 9.17) is 4.74 Å². The summed E-state index contributed by atoms with van der Waals surface area (Å²) in [4.78, 5) is 16.2. The lowest BCUT2D eigenvalue weighted by Crippen LogP contribution is -2.51. The van der Waals surface area contributed by atoms with Crippen molar-refractivity contribution in [2.24, 2.45) is 0 Å². The molecule has 1 heterocycles. The van der Waals surface area contributed by atoms with Gasteiger partial charge in [-0.1, -0.05) is 0 Å². The predicted octanol–water partition coefficient (Wildman–Crippen LogP) is -0.225. The molecule has 0 bridgehead atoms. The van der Waals surface area contributed by atoms with E-state index in [1.54, 1.807) is 7.11 Å². The Morgan fingerprint density at radius 2 is 1.94 bits per heavy atom. The first kappa shape index (κ1) is 14.4. The van der Waals surface area contributed by atoms with Gasteiger partial charge in [0.2, 0.25) is 5.91 Å². The molecule has 17 heavy (non-hydrogen) atoms. The summed E-state index contributed by atoms with van der Waals surface area (Å²) in [5, 5.41) is 2.85. The quantitative estimate of drug-likeness (QED) is 0.655. The molecule has 1 amide bonds. The van der Waals surface area contributed by atoms with Gasteiger partial charge in [-0.15, -0.1) is 0 Å². The summed E-state index contributed by atoms with van der Waals surface area (Å²) in [6.45, 7) is 10.2. The van der Waals surface area contributed by atoms with Gasteiger partial charge in [0.05, 0.1) is 13.2 Å². The summed E-state index contributed by atoms with van der Waals surface area (Å²) in [5.41, 5.74) is 0. The second-order valence-electron chi connectivity index (χ2n) is 4.75. The Hall–Kier alpha value is -0.650. The van der Waals surface area contributed by atoms with Gasteiger partial charge in [-0.3, -0.25) is 14.6 Å². The van der Waals surface area contributed by atoms with Gasteiger partial charge in [-0.2, -0.15) is 0 Å². The molecule has 0 saturated carbocycles. The molecule has 0 aliphatic carbocycles. The van der Waals surface area contributed by atoms with Gasteiger partial charge in [0.25, 0.3) is 0 Å². The van der Waals surface area contributed by atoms with Crippen molar-refractivity contribution < 1.29 is 9.53 Å². The highest BCUT2D eigenvalue weighted by Crippen LogP contribution is 2.04. The van der Waals surface area contributed by atoms with E-state index in [9.17, 15) is 4.79 Å². The first-order chi connectivity index (χ1) is 8.13. The van der Waals surface area contributed by atoms with Crippen LogP contribution in [0.1, 0.15) is 13.8 Å². The number of carbonyl (C=O) groups excluding carboxylic acids is 1. The number of ether oxygens (including phenoxy) is 1. The molecule has 100 valence electrons. The van der Waals surface area contributed by atoms with Gasteiger partial charge < -0.3 is 10.1 Å². The van der Waals surface area contributed by atoms with E-state index in [0.29, 0.717) is 25.7 Å². The Morgan fingerprint density at radius 1 is 1.29 bits per heavy atom. The number of methoxy groups -OCH3 is 1. The fraction of sp³-hybridized carbons (Fsp3) is 0.917. The minimum absolute atomic E-state index is 0.0973. The summed E-state index contributed by atoms with van der Waals surface area (Å²) in [6, 6.07) is 0.604. The van der Waals surface area contributed by atoms with Crippen LogP contribution in [0.4, 0.5) is 0 Å². The van der Waals surface area contributed by atoms with E-state index >= 15 is 0 Å². The first-order valence-corrected chi connectivity index (χ1v) is 6.35. The molecular weight excluding hydrogens is 218 g/mol. The molecule has 1 fully saturated rings. The maximum absolute atomic E-state index is 11.6. The fourth-order valence-electron chi connectivity index (χ4n) is 1.99. The van der Waals surface area contributed by atoms with Crippen molar-refractivity contribution in [3.05, 3.63) is 0 Å². The molecule has 0 radical (unpaired) electrons. The van der Waals surface area contributed by atoms with Crippen molar-refractivity contribution in [3.8, 4) is 0 Å². The minimum atomic E-state index is 0.0973. The number of piperazine rings is 1. The van der Waals surface area contributed by atoms with Gasteiger partial charge in [0.15, 0.2) is 0 Å². The second-order valence-corrected chi connectivity index (χ2v) is 4.75. The third-order valence-corrected chi connectivity index (χ3v) is 3.13. The number of rotatable bonds is 6. The lowest BCUT2D eigenvalue weighted by molar-refractivity contribution is -0.122. The van der Waals surface area contributed by atoms with E-state index < -0.39 is 0 Å². The summed E-state index contributed by atoms with van der Waals surface area (Å²) >= 11 is 0. The normalized spacial score (nSPS) is 18.6. The summed E-state index contributed by atoms with van der Waals surface area (Å²) in [5.74, 6) is 0.0973. The van der Waals surface area contributed by atoms with Crippen LogP contribution >= 0.6 is 0 Å². The van der Waals surface area contributed by atoms with Crippen molar-refractivity contribution >= 4 is 5.91 Å². The minimum Gasteiger partial charge on any atom is -0.383 e. The van der Waals surface area contributed by atoms with Gasteiger partial charge >= 0.3 is 0 Å². The number of nitrogens with zero attached hydrogens (tertiary/aromatic N) is 2. The van der Waals surface area contributed by atoms with Crippen LogP contribution in [-0.4, -0.2) is 74.7 Å². The zero-order valence-corrected chi connectivity index (χ0v) is 11.2. The molecular formula is C12H25N3O2. The number of hydrogen-bond donors (Lipinski definition) is 1. The van der Waals surface area contributed by atoms with E-state index in [0.717, 1.165) is 26.2 Å². The van der Waals surface area contributed by atoms with E-state index in [2.05, 4.69) is 29.0 Å². The van der Waals surface area contributed by atoms with Crippen molar-refractivity contribution in [2.45, 2.75) is 19.9 Å². The lowest BCUT2D eigenvalue weighted by atomic mass is 10.2. The molecule has 0 unspecified atom stereocenters. The molecule has 0 aromatic rings. The standard InChI is InChI=1S/C12H25N3O2/c1-11(2)15-7-5-14(6-8-15)10-12(16)13-4-9-17-3/h11H,4-10H2,1-3H3,(H,13,16). The molecule has 1 rings (SSSR count). The van der Waals surface area contributed by atoms with Crippen molar-refractivity contribution in [1.82, 2.24) is 15.1 Å². The van der Waals surface area contributed by atoms with Gasteiger partial charge in [0, 0.05) is 45.9 Å². The summed E-state index contributed by atoms with van der Waals surface area (Å²) < 4.78 is 4.89. The Morgan fingerprint density at radius 3 is 2.47 bits per heavy atom. The molecule has 1 saturated heterocycles. The number of nitrogens with one attached hydrogen (secondary N) is 1. The zero-order chi connectivity index (χ0) is 12.7. The van der Waals surface area contributed by atoms with Crippen molar-refractivity contribution in [3.63, 3.8) is 0 Å². The third kappa shape index (κ3) is 5.48. The SMILES string of the molecule is COCCNC(=O)CN1CCN(C(C)C)CC1. The topological polar surface area (TPSA) is 44.8 Å². The van der Waals surface area contributed by atoms with Crippen LogP contribution in [0.2, 0.25) is 0 Å². The van der Waals surface area contributed by atoms with Crippen LogP contribution in [-0.2, 0) is 9.53 Å². The van der Waals surface area contributed by atoms with E-state index in [1.807, 2.05) is 0 Å². The maximum atomic E-state index is 11.6. The molecule has 0 atom stereocenters. The van der Waals surface area contributed by atoms with Gasteiger partial charge in [-0.05, 0) is 13.8 Å². The Bertz CT molecular complexity index is 226. The van der Waals surface area contributed by atoms with Crippen LogP contribution in [0.5, 0.6) is 0 Å². The van der Waals surface area contributed by atoms with E-state index in [-0.39, 0.29) is 5.91 Å². The third-order valence-electron chi connectivity index (χ3n) is 3.13. The van der Waals surface area contributed by atoms with Crippen LogP contribution in [0.3, 0.4) is 0 Å². The Kier molecular flexibility index (Phi) is 6.47. The van der Waals surface area contributed by atoms with Crippen LogP contribution in [0, 0.1) is 0 Å². The first-order valence-electron chi connectivity index (χ1n) is 6.35. The fourth-order valence-corrected chi connectivity index (χ4v) is 1.99. The average Bonchev–Trinajstić information content (AvgIpc) is 2.30. The van der Waals surface area contributed by atoms with Gasteiger partial charge in [0.1, 0.15) is 0 Å². The van der Waals surface area contributed by atoms with E-state index in [1.165, 1.54) is 0 Å². The molecule has 0 aromatic heterocycles. The highest BCUT2D eigenvalue weighted by atomic mass is 16.5. The zero-order valence-electron chi connectivity index (χ0n) is 11.2. The highest BCUT2D eigenvalue weighted by Gasteiger charge is 2.19. The van der Waals surface area contributed by atoms with Gasteiger partial charge in [-0.25, -0.2) is 0 Å². The Labute approximate surface area is 104 Å². The largest absolute Gasteiger partial charge is 0.383 e. The number of hydrogen-bond acceptors (Lipinski definition) is 4. The molecule has 1 N–H and O–H groups in total. The van der Waals surface area contributed by atoms with Crippen LogP contribution in [0.15, 0.2) is 0 Å². The predicted molar refractivity (Wildman–Crippen MR) is 68.0 cm³/mol. The number of carbonyl (C=O) groups is 1. The average molecular weight is 243 g/mol. The molecule has 5 nitrogen and oxygen atoms in total. The van der Waals surface area contributed by atoms with Crippen molar-refractivity contribution in [2.75, 3.05) is 53.0 Å². The molecule has 5 heteroatoms. The highest BCUT2D eigenvalue weighted by molar-refractivity contribution is 5.77. The maximum Gasteiger partial charge on any atom is 0.234 e. The second kappa shape index (κ2) is 7.63. The molecule has 1 aliphatic rings. The lowest BCUT2D eigenvalue weighted by Gasteiger charge is -2.36. The smallest absolute Gasteiger partial charge is 0.234 e. The van der Waals surface area contributed by atoms with Crippen LogP contribution < -0.4 is 5.32 Å². The Balaban J connectivity index is 2.15. The summed E-state index contributed by atoms with van der Waals surface area (Å²) in [6.07, 6.45) is 0. The molecule has 0 spiro atoms. The van der Waals surface area contributed by atoms with Crippen LogP contribution in [0.25, 0.3) is 0 Å².